The molecule has 1 amide bonds. The quantitative estimate of drug-likeness (QED) is 0.564. The van der Waals surface area contributed by atoms with E-state index in [2.05, 4.69) is 76.3 Å². The van der Waals surface area contributed by atoms with Gasteiger partial charge in [-0.25, -0.2) is 0 Å². The van der Waals surface area contributed by atoms with Crippen molar-refractivity contribution in [3.05, 3.63) is 78.1 Å². The molecule has 34 heavy (non-hydrogen) atoms. The predicted octanol–water partition coefficient (Wildman–Crippen LogP) is 4.55. The van der Waals surface area contributed by atoms with Gasteiger partial charge in [0.1, 0.15) is 0 Å². The molecular formula is C29H35N3O2. The minimum Gasteiger partial charge on any atom is -0.379 e. The Morgan fingerprint density at radius 3 is 2.71 bits per heavy atom. The summed E-state index contributed by atoms with van der Waals surface area (Å²) in [5.74, 6) is 0.608. The molecule has 178 valence electrons. The van der Waals surface area contributed by atoms with Crippen molar-refractivity contribution in [3.63, 3.8) is 0 Å². The zero-order chi connectivity index (χ0) is 23.4. The first kappa shape index (κ1) is 23.0. The maximum Gasteiger partial charge on any atom is 0.228 e. The molecule has 2 fully saturated rings. The van der Waals surface area contributed by atoms with E-state index in [1.54, 1.807) is 0 Å². The summed E-state index contributed by atoms with van der Waals surface area (Å²) in [5.41, 5.74) is 2.37. The van der Waals surface area contributed by atoms with Crippen LogP contribution in [0.1, 0.15) is 30.9 Å². The van der Waals surface area contributed by atoms with Crippen LogP contribution in [0.5, 0.6) is 0 Å². The number of nitrogens with zero attached hydrogens (tertiary/aromatic N) is 3. The Kier molecular flexibility index (Phi) is 6.93. The predicted molar refractivity (Wildman–Crippen MR) is 135 cm³/mol. The van der Waals surface area contributed by atoms with Crippen LogP contribution >= 0.6 is 0 Å². The molecule has 0 unspecified atom stereocenters. The minimum absolute atomic E-state index is 0.285. The monoisotopic (exact) mass is 457 g/mol. The third-order valence-corrected chi connectivity index (χ3v) is 7.63. The van der Waals surface area contributed by atoms with Gasteiger partial charge in [-0.2, -0.15) is 0 Å². The van der Waals surface area contributed by atoms with Crippen molar-refractivity contribution in [2.75, 3.05) is 39.4 Å². The molecular weight excluding hydrogens is 422 g/mol. The van der Waals surface area contributed by atoms with Crippen LogP contribution in [-0.2, 0) is 22.5 Å². The number of fused-ring (bicyclic) bond motifs is 1. The lowest BCUT2D eigenvalue weighted by Crippen LogP contribution is -2.50. The molecule has 2 aliphatic heterocycles. The minimum atomic E-state index is -0.285. The van der Waals surface area contributed by atoms with E-state index in [0.29, 0.717) is 31.6 Å². The fourth-order valence-electron chi connectivity index (χ4n) is 5.51. The molecule has 0 bridgehead atoms. The Labute approximate surface area is 202 Å². The zero-order valence-corrected chi connectivity index (χ0v) is 20.2. The first-order valence-corrected chi connectivity index (χ1v) is 12.6. The number of carbonyl (C=O) groups excluding carboxylic acids is 1. The molecule has 1 aromatic heterocycles. The van der Waals surface area contributed by atoms with E-state index in [1.807, 2.05) is 12.4 Å². The first-order chi connectivity index (χ1) is 16.6. The maximum atomic E-state index is 13.7. The van der Waals surface area contributed by atoms with E-state index in [-0.39, 0.29) is 5.41 Å². The van der Waals surface area contributed by atoms with Crippen molar-refractivity contribution in [2.45, 2.75) is 32.7 Å². The Morgan fingerprint density at radius 1 is 1.06 bits per heavy atom. The molecule has 0 aliphatic carbocycles. The highest BCUT2D eigenvalue weighted by Gasteiger charge is 2.40. The average Bonchev–Trinajstić information content (AvgIpc) is 3.11. The average molecular weight is 458 g/mol. The van der Waals surface area contributed by atoms with Gasteiger partial charge in [-0.15, -0.1) is 0 Å². The van der Waals surface area contributed by atoms with Crippen molar-refractivity contribution in [1.29, 1.82) is 0 Å². The van der Waals surface area contributed by atoms with Gasteiger partial charge in [-0.3, -0.25) is 14.7 Å². The molecule has 1 atom stereocenters. The lowest BCUT2D eigenvalue weighted by molar-refractivity contribution is -0.144. The van der Waals surface area contributed by atoms with Gasteiger partial charge in [-0.1, -0.05) is 55.5 Å². The number of rotatable bonds is 5. The smallest absolute Gasteiger partial charge is 0.228 e. The third-order valence-electron chi connectivity index (χ3n) is 7.63. The van der Waals surface area contributed by atoms with Crippen LogP contribution in [0.25, 0.3) is 10.8 Å². The lowest BCUT2D eigenvalue weighted by atomic mass is 9.78. The van der Waals surface area contributed by atoms with Gasteiger partial charge in [0, 0.05) is 48.7 Å². The molecule has 5 heteroatoms. The number of benzene rings is 2. The van der Waals surface area contributed by atoms with Gasteiger partial charge in [0.2, 0.25) is 5.91 Å². The van der Waals surface area contributed by atoms with Gasteiger partial charge < -0.3 is 9.64 Å². The van der Waals surface area contributed by atoms with Gasteiger partial charge in [-0.05, 0) is 54.9 Å². The summed E-state index contributed by atoms with van der Waals surface area (Å²) < 4.78 is 5.96. The zero-order valence-electron chi connectivity index (χ0n) is 20.2. The van der Waals surface area contributed by atoms with E-state index in [1.165, 1.54) is 16.5 Å². The number of amides is 1. The molecule has 0 radical (unpaired) electrons. The third kappa shape index (κ3) is 5.16. The standard InChI is InChI=1S/C29H35N3O2/c1-29(11-14-31(15-12-29)20-23-6-3-2-4-7-23)28(33)32-16-17-34-22-24(21-32)18-25-8-5-9-26-19-30-13-10-27(25)26/h2-10,13,19,24H,11-12,14-18,20-22H2,1H3/t24-/m0/s1. The molecule has 0 spiro atoms. The van der Waals surface area contributed by atoms with Crippen molar-refractivity contribution in [2.24, 2.45) is 11.3 Å². The van der Waals surface area contributed by atoms with Crippen molar-refractivity contribution < 1.29 is 9.53 Å². The molecule has 2 aliphatic rings. The highest BCUT2D eigenvalue weighted by Crippen LogP contribution is 2.34. The number of hydrogen-bond donors (Lipinski definition) is 0. The van der Waals surface area contributed by atoms with Crippen LogP contribution in [0, 0.1) is 11.3 Å². The number of likely N-dealkylation sites (tertiary alicyclic amines) is 1. The summed E-state index contributed by atoms with van der Waals surface area (Å²) in [5, 5.41) is 2.41. The van der Waals surface area contributed by atoms with Crippen molar-refractivity contribution >= 4 is 16.7 Å². The summed E-state index contributed by atoms with van der Waals surface area (Å²) in [7, 11) is 0. The van der Waals surface area contributed by atoms with Gasteiger partial charge in [0.25, 0.3) is 0 Å². The molecule has 0 saturated carbocycles. The highest BCUT2D eigenvalue weighted by molar-refractivity contribution is 5.85. The lowest BCUT2D eigenvalue weighted by Gasteiger charge is -2.41. The summed E-state index contributed by atoms with van der Waals surface area (Å²) in [6.07, 6.45) is 6.51. The van der Waals surface area contributed by atoms with E-state index < -0.39 is 0 Å². The SMILES string of the molecule is CC1(C(=O)N2CCOC[C@@H](Cc3cccc4cnccc34)C2)CCN(Cc2ccccc2)CC1. The summed E-state index contributed by atoms with van der Waals surface area (Å²) in [6, 6.07) is 19.1. The summed E-state index contributed by atoms with van der Waals surface area (Å²) >= 11 is 0. The van der Waals surface area contributed by atoms with E-state index in [0.717, 1.165) is 50.8 Å². The normalized spacial score (nSPS) is 21.3. The number of hydrogen-bond acceptors (Lipinski definition) is 4. The Morgan fingerprint density at radius 2 is 1.88 bits per heavy atom. The molecule has 5 nitrogen and oxygen atoms in total. The second-order valence-electron chi connectivity index (χ2n) is 10.2. The fraction of sp³-hybridized carbons (Fsp3) is 0.448. The molecule has 2 aromatic carbocycles. The number of ether oxygens (including phenoxy) is 1. The Hall–Kier alpha value is -2.76. The largest absolute Gasteiger partial charge is 0.379 e. The van der Waals surface area contributed by atoms with Crippen LogP contribution in [-0.4, -0.2) is 60.1 Å². The highest BCUT2D eigenvalue weighted by atomic mass is 16.5. The van der Waals surface area contributed by atoms with E-state index in [9.17, 15) is 4.79 Å². The van der Waals surface area contributed by atoms with Crippen LogP contribution in [0.3, 0.4) is 0 Å². The van der Waals surface area contributed by atoms with Gasteiger partial charge in [0.05, 0.1) is 13.2 Å². The molecule has 3 aromatic rings. The second-order valence-corrected chi connectivity index (χ2v) is 10.2. The fourth-order valence-corrected chi connectivity index (χ4v) is 5.51. The number of aromatic nitrogens is 1. The number of piperidine rings is 1. The van der Waals surface area contributed by atoms with Crippen LogP contribution in [0.15, 0.2) is 67.0 Å². The maximum absolute atomic E-state index is 13.7. The van der Waals surface area contributed by atoms with E-state index in [4.69, 9.17) is 4.74 Å². The summed E-state index contributed by atoms with van der Waals surface area (Å²) in [6.45, 7) is 7.86. The Balaban J connectivity index is 1.23. The number of carbonyl (C=O) groups is 1. The number of pyridine rings is 1. The summed E-state index contributed by atoms with van der Waals surface area (Å²) in [4.78, 5) is 22.6. The van der Waals surface area contributed by atoms with Crippen molar-refractivity contribution in [3.8, 4) is 0 Å². The molecule has 3 heterocycles. The molecule has 5 rings (SSSR count). The van der Waals surface area contributed by atoms with Gasteiger partial charge >= 0.3 is 0 Å². The second kappa shape index (κ2) is 10.2. The van der Waals surface area contributed by atoms with Crippen LogP contribution in [0.2, 0.25) is 0 Å². The topological polar surface area (TPSA) is 45.7 Å². The van der Waals surface area contributed by atoms with Crippen LogP contribution in [0.4, 0.5) is 0 Å². The molecule has 2 saturated heterocycles. The van der Waals surface area contributed by atoms with Crippen molar-refractivity contribution in [1.82, 2.24) is 14.8 Å². The van der Waals surface area contributed by atoms with E-state index >= 15 is 0 Å². The Bertz CT molecular complexity index is 1100. The van der Waals surface area contributed by atoms with Gasteiger partial charge in [0.15, 0.2) is 0 Å². The molecule has 0 N–H and O–H groups in total. The van der Waals surface area contributed by atoms with Crippen LogP contribution < -0.4 is 0 Å². The first-order valence-electron chi connectivity index (χ1n) is 12.6.